The Morgan fingerprint density at radius 1 is 1.20 bits per heavy atom. The third-order valence-electron chi connectivity index (χ3n) is 3.98. The molecule has 0 amide bonds. The molecule has 20 heavy (non-hydrogen) atoms. The summed E-state index contributed by atoms with van der Waals surface area (Å²) in [6.45, 7) is 4.13. The zero-order valence-corrected chi connectivity index (χ0v) is 12.7. The van der Waals surface area contributed by atoms with Crippen molar-refractivity contribution in [2.24, 2.45) is 5.73 Å². The van der Waals surface area contributed by atoms with Gasteiger partial charge in [0, 0.05) is 5.56 Å². The Balaban J connectivity index is 0.00000147. The number of hydrogen-bond acceptors (Lipinski definition) is 4. The van der Waals surface area contributed by atoms with Crippen molar-refractivity contribution in [1.29, 1.82) is 0 Å². The SMILES string of the molecule is Cc1ccc(-c2nc(C3(N)CCCC3)no2)c(C)c1.Cl. The Bertz CT molecular complexity index is 603. The van der Waals surface area contributed by atoms with Crippen LogP contribution in [-0.4, -0.2) is 10.1 Å². The molecule has 0 spiro atoms. The molecular weight excluding hydrogens is 274 g/mol. The van der Waals surface area contributed by atoms with E-state index in [0.29, 0.717) is 11.7 Å². The monoisotopic (exact) mass is 293 g/mol. The van der Waals surface area contributed by atoms with Crippen molar-refractivity contribution in [2.45, 2.75) is 45.1 Å². The van der Waals surface area contributed by atoms with Gasteiger partial charge in [-0.05, 0) is 38.3 Å². The Morgan fingerprint density at radius 3 is 2.55 bits per heavy atom. The first-order valence-electron chi connectivity index (χ1n) is 6.79. The Labute approximate surface area is 125 Å². The van der Waals surface area contributed by atoms with Gasteiger partial charge in [-0.25, -0.2) is 0 Å². The standard InChI is InChI=1S/C15H19N3O.ClH/c1-10-5-6-12(11(2)9-10)13-17-14(18-19-13)15(16)7-3-4-8-15;/h5-6,9H,3-4,7-8,16H2,1-2H3;1H. The number of nitrogens with zero attached hydrogens (tertiary/aromatic N) is 2. The first kappa shape index (κ1) is 15.0. The van der Waals surface area contributed by atoms with Gasteiger partial charge in [0.25, 0.3) is 5.89 Å². The molecule has 1 saturated carbocycles. The van der Waals surface area contributed by atoms with Gasteiger partial charge in [-0.15, -0.1) is 12.4 Å². The molecule has 3 rings (SSSR count). The summed E-state index contributed by atoms with van der Waals surface area (Å²) in [6.07, 6.45) is 4.17. The van der Waals surface area contributed by atoms with Crippen LogP contribution in [0.25, 0.3) is 11.5 Å². The van der Waals surface area contributed by atoms with Crippen LogP contribution in [0.15, 0.2) is 22.7 Å². The van der Waals surface area contributed by atoms with E-state index in [2.05, 4.69) is 36.1 Å². The van der Waals surface area contributed by atoms with Gasteiger partial charge in [-0.3, -0.25) is 0 Å². The molecule has 4 nitrogen and oxygen atoms in total. The molecule has 0 unspecified atom stereocenters. The van der Waals surface area contributed by atoms with E-state index in [1.807, 2.05) is 6.07 Å². The van der Waals surface area contributed by atoms with Crippen LogP contribution >= 0.6 is 12.4 Å². The van der Waals surface area contributed by atoms with Crippen molar-refractivity contribution < 1.29 is 4.52 Å². The summed E-state index contributed by atoms with van der Waals surface area (Å²) in [5, 5.41) is 4.10. The van der Waals surface area contributed by atoms with Crippen LogP contribution in [0.4, 0.5) is 0 Å². The minimum Gasteiger partial charge on any atom is -0.334 e. The van der Waals surface area contributed by atoms with E-state index in [1.54, 1.807) is 0 Å². The number of benzene rings is 1. The molecule has 1 aliphatic rings. The first-order valence-corrected chi connectivity index (χ1v) is 6.79. The molecule has 2 aromatic rings. The average molecular weight is 294 g/mol. The second-order valence-electron chi connectivity index (χ2n) is 5.60. The van der Waals surface area contributed by atoms with Crippen LogP contribution in [0.3, 0.4) is 0 Å². The number of nitrogens with two attached hydrogens (primary N) is 1. The highest BCUT2D eigenvalue weighted by molar-refractivity contribution is 5.85. The second-order valence-corrected chi connectivity index (χ2v) is 5.60. The number of hydrogen-bond donors (Lipinski definition) is 1. The summed E-state index contributed by atoms with van der Waals surface area (Å²) in [7, 11) is 0. The molecule has 1 fully saturated rings. The van der Waals surface area contributed by atoms with E-state index < -0.39 is 0 Å². The Kier molecular flexibility index (Phi) is 4.16. The number of aryl methyl sites for hydroxylation is 2. The van der Waals surface area contributed by atoms with Gasteiger partial charge in [0.2, 0.25) is 0 Å². The second kappa shape index (κ2) is 5.54. The fourth-order valence-corrected chi connectivity index (χ4v) is 2.82. The summed E-state index contributed by atoms with van der Waals surface area (Å²) in [6, 6.07) is 6.20. The van der Waals surface area contributed by atoms with E-state index in [1.165, 1.54) is 5.56 Å². The summed E-state index contributed by atoms with van der Waals surface area (Å²) in [5.41, 5.74) is 9.33. The fourth-order valence-electron chi connectivity index (χ4n) is 2.82. The number of halogens is 1. The van der Waals surface area contributed by atoms with Crippen molar-refractivity contribution in [2.75, 3.05) is 0 Å². The highest BCUT2D eigenvalue weighted by Crippen LogP contribution is 2.35. The fraction of sp³-hybridized carbons (Fsp3) is 0.467. The van der Waals surface area contributed by atoms with E-state index in [0.717, 1.165) is 36.8 Å². The molecule has 0 radical (unpaired) electrons. The van der Waals surface area contributed by atoms with Crippen molar-refractivity contribution >= 4 is 12.4 Å². The lowest BCUT2D eigenvalue weighted by molar-refractivity contribution is 0.372. The van der Waals surface area contributed by atoms with Crippen molar-refractivity contribution in [1.82, 2.24) is 10.1 Å². The summed E-state index contributed by atoms with van der Waals surface area (Å²) < 4.78 is 5.41. The maximum absolute atomic E-state index is 6.35. The highest BCUT2D eigenvalue weighted by Gasteiger charge is 2.36. The minimum absolute atomic E-state index is 0. The molecule has 0 bridgehead atoms. The predicted molar refractivity (Wildman–Crippen MR) is 80.8 cm³/mol. The number of aromatic nitrogens is 2. The van der Waals surface area contributed by atoms with Gasteiger partial charge in [-0.1, -0.05) is 35.7 Å². The minimum atomic E-state index is -0.389. The highest BCUT2D eigenvalue weighted by atomic mass is 35.5. The van der Waals surface area contributed by atoms with Gasteiger partial charge in [0.1, 0.15) is 0 Å². The summed E-state index contributed by atoms with van der Waals surface area (Å²) in [4.78, 5) is 4.52. The first-order chi connectivity index (χ1) is 9.08. The topological polar surface area (TPSA) is 64.9 Å². The van der Waals surface area contributed by atoms with Crippen molar-refractivity contribution in [3.8, 4) is 11.5 Å². The molecule has 0 aliphatic heterocycles. The zero-order chi connectivity index (χ0) is 13.5. The smallest absolute Gasteiger partial charge is 0.258 e. The van der Waals surface area contributed by atoms with Crippen LogP contribution in [0, 0.1) is 13.8 Å². The van der Waals surface area contributed by atoms with Gasteiger partial charge in [-0.2, -0.15) is 4.98 Å². The largest absolute Gasteiger partial charge is 0.334 e. The van der Waals surface area contributed by atoms with E-state index in [4.69, 9.17) is 10.3 Å². The van der Waals surface area contributed by atoms with Crippen LogP contribution in [0.2, 0.25) is 0 Å². The van der Waals surface area contributed by atoms with E-state index in [9.17, 15) is 0 Å². The van der Waals surface area contributed by atoms with Crippen LogP contribution in [0.1, 0.15) is 42.6 Å². The molecule has 108 valence electrons. The quantitative estimate of drug-likeness (QED) is 0.920. The van der Waals surface area contributed by atoms with Crippen LogP contribution < -0.4 is 5.73 Å². The Hall–Kier alpha value is -1.39. The maximum atomic E-state index is 6.35. The zero-order valence-electron chi connectivity index (χ0n) is 11.8. The Morgan fingerprint density at radius 2 is 1.90 bits per heavy atom. The lowest BCUT2D eigenvalue weighted by Gasteiger charge is -2.17. The maximum Gasteiger partial charge on any atom is 0.258 e. The summed E-state index contributed by atoms with van der Waals surface area (Å²) >= 11 is 0. The third kappa shape index (κ3) is 2.58. The van der Waals surface area contributed by atoms with E-state index >= 15 is 0 Å². The van der Waals surface area contributed by atoms with Gasteiger partial charge in [0.05, 0.1) is 5.54 Å². The molecular formula is C15H20ClN3O. The third-order valence-corrected chi connectivity index (χ3v) is 3.98. The average Bonchev–Trinajstić information content (AvgIpc) is 2.99. The summed E-state index contributed by atoms with van der Waals surface area (Å²) in [5.74, 6) is 1.23. The van der Waals surface area contributed by atoms with Gasteiger partial charge < -0.3 is 10.3 Å². The van der Waals surface area contributed by atoms with Gasteiger partial charge >= 0.3 is 0 Å². The van der Waals surface area contributed by atoms with E-state index in [-0.39, 0.29) is 17.9 Å². The lowest BCUT2D eigenvalue weighted by atomic mass is 9.98. The molecule has 0 atom stereocenters. The van der Waals surface area contributed by atoms with Crippen LogP contribution in [0.5, 0.6) is 0 Å². The normalized spacial score (nSPS) is 16.9. The predicted octanol–water partition coefficient (Wildman–Crippen LogP) is 3.50. The molecule has 1 aromatic carbocycles. The van der Waals surface area contributed by atoms with Crippen molar-refractivity contribution in [3.05, 3.63) is 35.2 Å². The van der Waals surface area contributed by atoms with Gasteiger partial charge in [0.15, 0.2) is 5.82 Å². The molecule has 5 heteroatoms. The molecule has 1 aliphatic carbocycles. The molecule has 1 aromatic heterocycles. The molecule has 2 N–H and O–H groups in total. The lowest BCUT2D eigenvalue weighted by Crippen LogP contribution is -2.34. The van der Waals surface area contributed by atoms with Crippen LogP contribution in [-0.2, 0) is 5.54 Å². The molecule has 0 saturated heterocycles. The molecule has 1 heterocycles. The van der Waals surface area contributed by atoms with Crippen molar-refractivity contribution in [3.63, 3.8) is 0 Å². The number of rotatable bonds is 2.